The highest BCUT2D eigenvalue weighted by Crippen LogP contribution is 2.46. The molecule has 0 unspecified atom stereocenters. The van der Waals surface area contributed by atoms with Gasteiger partial charge in [0.1, 0.15) is 34.8 Å². The summed E-state index contributed by atoms with van der Waals surface area (Å²) in [5.74, 6) is -2.47. The van der Waals surface area contributed by atoms with E-state index in [0.29, 0.717) is 25.3 Å². The van der Waals surface area contributed by atoms with Gasteiger partial charge in [0.25, 0.3) is 11.9 Å². The number of carbonyl (C=O) groups is 4. The Balaban J connectivity index is 1.37. The minimum atomic E-state index is -4.18. The van der Waals surface area contributed by atoms with E-state index in [0.717, 1.165) is 44.9 Å². The van der Waals surface area contributed by atoms with E-state index in [1.165, 1.54) is 19.0 Å². The van der Waals surface area contributed by atoms with E-state index < -0.39 is 69.3 Å². The Morgan fingerprint density at radius 1 is 1.03 bits per heavy atom. The normalized spacial score (nSPS) is 25.0. The van der Waals surface area contributed by atoms with Gasteiger partial charge in [-0.05, 0) is 84.4 Å². The first kappa shape index (κ1) is 42.6. The van der Waals surface area contributed by atoms with Crippen LogP contribution in [0.25, 0.3) is 22.2 Å². The van der Waals surface area contributed by atoms with Crippen LogP contribution in [0.3, 0.4) is 0 Å². The van der Waals surface area contributed by atoms with Crippen molar-refractivity contribution in [2.24, 2.45) is 5.92 Å². The SMILES string of the molecule is Cc1ccccc1-c1cccc2c1nc(O[C@@H]1C[C@H]3C(=O)N[C@]4(C(=O)NS(=O)(=O)N(C)C)C[C@H]4/C=C\CCCCC[C@H](NC(=O)OC(C)(C)C)C(=O)N3C1)n2C(C)C. The molecule has 3 aromatic rings. The highest BCUT2D eigenvalue weighted by molar-refractivity contribution is 7.87. The summed E-state index contributed by atoms with van der Waals surface area (Å²) in [4.78, 5) is 62.5. The molecule has 15 nitrogen and oxygen atoms in total. The molecule has 0 radical (unpaired) electrons. The highest BCUT2D eigenvalue weighted by Gasteiger charge is 2.62. The molecule has 4 amide bonds. The fourth-order valence-corrected chi connectivity index (χ4v) is 8.43. The number of ether oxygens (including phenoxy) is 2. The van der Waals surface area contributed by atoms with E-state index in [1.807, 2.05) is 73.9 Å². The van der Waals surface area contributed by atoms with Crippen LogP contribution in [0.4, 0.5) is 4.79 Å². The van der Waals surface area contributed by atoms with E-state index in [9.17, 15) is 27.6 Å². The fourth-order valence-electron chi connectivity index (χ4n) is 7.83. The minimum absolute atomic E-state index is 0.0209. The number of rotatable bonds is 8. The number of para-hydroxylation sites is 1. The van der Waals surface area contributed by atoms with Crippen LogP contribution in [0.1, 0.15) is 91.2 Å². The van der Waals surface area contributed by atoms with Crippen LogP contribution >= 0.6 is 0 Å². The van der Waals surface area contributed by atoms with Crippen molar-refractivity contribution < 1.29 is 37.1 Å². The number of benzene rings is 2. The zero-order valence-electron chi connectivity index (χ0n) is 34.7. The molecular formula is C42H57N7O8S. The van der Waals surface area contributed by atoms with Crippen molar-refractivity contribution in [1.82, 2.24) is 34.1 Å². The number of aryl methyl sites for hydroxylation is 1. The smallest absolute Gasteiger partial charge is 0.408 e. The zero-order valence-corrected chi connectivity index (χ0v) is 35.5. The average molecular weight is 820 g/mol. The molecular weight excluding hydrogens is 763 g/mol. The van der Waals surface area contributed by atoms with Crippen LogP contribution in [-0.4, -0.2) is 101 Å². The van der Waals surface area contributed by atoms with Crippen molar-refractivity contribution in [3.8, 4) is 17.1 Å². The monoisotopic (exact) mass is 819 g/mol. The largest absolute Gasteiger partial charge is 0.459 e. The van der Waals surface area contributed by atoms with Crippen molar-refractivity contribution in [3.63, 3.8) is 0 Å². The lowest BCUT2D eigenvalue weighted by Crippen LogP contribution is -2.58. The van der Waals surface area contributed by atoms with Gasteiger partial charge in [0, 0.05) is 38.0 Å². The molecule has 3 heterocycles. The first-order valence-electron chi connectivity index (χ1n) is 20.1. The van der Waals surface area contributed by atoms with Crippen LogP contribution in [0.2, 0.25) is 0 Å². The van der Waals surface area contributed by atoms with Crippen molar-refractivity contribution in [3.05, 3.63) is 60.2 Å². The number of imidazole rings is 1. The van der Waals surface area contributed by atoms with Crippen molar-refractivity contribution in [1.29, 1.82) is 0 Å². The molecule has 2 aliphatic heterocycles. The maximum absolute atomic E-state index is 14.6. The Morgan fingerprint density at radius 3 is 2.45 bits per heavy atom. The molecule has 3 N–H and O–H groups in total. The maximum Gasteiger partial charge on any atom is 0.408 e. The van der Waals surface area contributed by atoms with E-state index >= 15 is 0 Å². The van der Waals surface area contributed by atoms with Gasteiger partial charge in [-0.2, -0.15) is 17.7 Å². The van der Waals surface area contributed by atoms with Gasteiger partial charge in [-0.1, -0.05) is 61.4 Å². The molecule has 314 valence electrons. The molecule has 2 aromatic carbocycles. The van der Waals surface area contributed by atoms with Gasteiger partial charge in [0.05, 0.1) is 12.1 Å². The maximum atomic E-state index is 14.6. The Hall–Kier alpha value is -4.96. The molecule has 6 rings (SSSR count). The van der Waals surface area contributed by atoms with Gasteiger partial charge in [-0.3, -0.25) is 19.0 Å². The van der Waals surface area contributed by atoms with E-state index in [-0.39, 0.29) is 25.4 Å². The van der Waals surface area contributed by atoms with E-state index in [2.05, 4.69) is 21.4 Å². The lowest BCUT2D eigenvalue weighted by atomic mass is 9.99. The Labute approximate surface area is 341 Å². The average Bonchev–Trinajstić information content (AvgIpc) is 3.46. The predicted molar refractivity (Wildman–Crippen MR) is 220 cm³/mol. The summed E-state index contributed by atoms with van der Waals surface area (Å²) < 4.78 is 42.8. The van der Waals surface area contributed by atoms with E-state index in [4.69, 9.17) is 14.5 Å². The molecule has 0 bridgehead atoms. The number of hydrogen-bond donors (Lipinski definition) is 3. The first-order chi connectivity index (χ1) is 27.3. The molecule has 1 saturated heterocycles. The summed E-state index contributed by atoms with van der Waals surface area (Å²) in [6.07, 6.45) is 5.66. The Bertz CT molecular complexity index is 2190. The number of nitrogens with one attached hydrogen (secondary N) is 3. The van der Waals surface area contributed by atoms with Gasteiger partial charge >= 0.3 is 16.3 Å². The van der Waals surface area contributed by atoms with Crippen molar-refractivity contribution >= 4 is 45.1 Å². The summed E-state index contributed by atoms with van der Waals surface area (Å²) in [5, 5.41) is 5.64. The summed E-state index contributed by atoms with van der Waals surface area (Å²) in [7, 11) is -1.58. The summed E-state index contributed by atoms with van der Waals surface area (Å²) in [5.41, 5.74) is 2.31. The van der Waals surface area contributed by atoms with Crippen LogP contribution in [0, 0.1) is 12.8 Å². The standard InChI is InChI=1S/C42H57N7O8S/c1-26(2)49-33-22-16-20-31(30-19-15-14-17-27(30)3)35(33)44-39(49)56-29-23-34-36(50)45-42(38(52)46-58(54,55)47(7)8)24-28(42)18-12-10-9-11-13-21-32(37(51)48(34)25-29)43-40(53)57-41(4,5)6/h12,14-20,22,26,28-29,32,34H,9-11,13,21,23-25H2,1-8H3,(H,43,53)(H,45,50)(H,46,52)/b18-12-/t28-,29-,32+,34+,42-/m1/s1. The molecule has 1 aromatic heterocycles. The second-order valence-corrected chi connectivity index (χ2v) is 19.0. The first-order valence-corrected chi connectivity index (χ1v) is 21.5. The van der Waals surface area contributed by atoms with Crippen LogP contribution in [0.15, 0.2) is 54.6 Å². The third-order valence-electron chi connectivity index (χ3n) is 10.9. The van der Waals surface area contributed by atoms with Crippen LogP contribution < -0.4 is 20.1 Å². The predicted octanol–water partition coefficient (Wildman–Crippen LogP) is 5.15. The number of nitrogens with zero attached hydrogens (tertiary/aromatic N) is 4. The number of hydrogen-bond acceptors (Lipinski definition) is 9. The molecule has 0 spiro atoms. The quantitative estimate of drug-likeness (QED) is 0.259. The highest BCUT2D eigenvalue weighted by atomic mass is 32.2. The van der Waals surface area contributed by atoms with Crippen molar-refractivity contribution in [2.45, 2.75) is 122 Å². The van der Waals surface area contributed by atoms with Crippen LogP contribution in [0.5, 0.6) is 6.01 Å². The molecule has 16 heteroatoms. The molecule has 3 aliphatic rings. The number of alkyl carbamates (subject to hydrolysis) is 1. The summed E-state index contributed by atoms with van der Waals surface area (Å²) >= 11 is 0. The third-order valence-corrected chi connectivity index (χ3v) is 12.4. The molecule has 1 saturated carbocycles. The molecule has 5 atom stereocenters. The van der Waals surface area contributed by atoms with Crippen LogP contribution in [-0.2, 0) is 29.3 Å². The molecule has 2 fully saturated rings. The zero-order chi connectivity index (χ0) is 42.2. The van der Waals surface area contributed by atoms with Gasteiger partial charge in [0.15, 0.2) is 0 Å². The van der Waals surface area contributed by atoms with E-state index in [1.54, 1.807) is 20.8 Å². The van der Waals surface area contributed by atoms with Gasteiger partial charge < -0.3 is 25.0 Å². The van der Waals surface area contributed by atoms with Gasteiger partial charge in [0.2, 0.25) is 11.8 Å². The number of fused-ring (bicyclic) bond motifs is 3. The summed E-state index contributed by atoms with van der Waals surface area (Å²) in [6.45, 7) is 11.3. The topological polar surface area (TPSA) is 181 Å². The Morgan fingerprint density at radius 2 is 1.76 bits per heavy atom. The van der Waals surface area contributed by atoms with Gasteiger partial charge in [-0.15, -0.1) is 0 Å². The minimum Gasteiger partial charge on any atom is -0.459 e. The molecule has 58 heavy (non-hydrogen) atoms. The molecule has 1 aliphatic carbocycles. The summed E-state index contributed by atoms with van der Waals surface area (Å²) in [6, 6.07) is 12.2. The second-order valence-electron chi connectivity index (χ2n) is 17.1. The fraction of sp³-hybridized carbons (Fsp3) is 0.548. The lowest BCUT2D eigenvalue weighted by Gasteiger charge is -2.30. The number of carbonyl (C=O) groups excluding carboxylic acids is 4. The Kier molecular flexibility index (Phi) is 12.3. The third kappa shape index (κ3) is 9.17. The lowest BCUT2D eigenvalue weighted by molar-refractivity contribution is -0.141. The van der Waals surface area contributed by atoms with Gasteiger partial charge in [-0.25, -0.2) is 9.52 Å². The number of allylic oxidation sites excluding steroid dienone is 1. The number of aromatic nitrogens is 2. The number of amides is 4. The van der Waals surface area contributed by atoms with Crippen molar-refractivity contribution in [2.75, 3.05) is 20.6 Å². The second kappa shape index (κ2) is 16.7.